The summed E-state index contributed by atoms with van der Waals surface area (Å²) in [4.78, 5) is 11.4. The molecule has 0 bridgehead atoms. The van der Waals surface area contributed by atoms with E-state index in [-0.39, 0.29) is 12.2 Å². The van der Waals surface area contributed by atoms with Gasteiger partial charge < -0.3 is 10.1 Å². The third-order valence-corrected chi connectivity index (χ3v) is 5.81. The average Bonchev–Trinajstić information content (AvgIpc) is 2.98. The Morgan fingerprint density at radius 3 is 2.93 bits per heavy atom. The van der Waals surface area contributed by atoms with Crippen LogP contribution in [0.15, 0.2) is 0 Å². The number of rotatable bonds is 2. The van der Waals surface area contributed by atoms with Gasteiger partial charge in [-0.3, -0.25) is 0 Å². The first kappa shape index (κ1) is 8.43. The Bertz CT molecular complexity index is 369. The normalized spacial score (nSPS) is 61.2. The van der Waals surface area contributed by atoms with E-state index in [0.29, 0.717) is 17.4 Å². The summed E-state index contributed by atoms with van der Waals surface area (Å²) in [7, 11) is 0. The number of ether oxygens (including phenoxy) is 1. The third kappa shape index (κ3) is 0.617. The Hall–Kier alpha value is -0.730. The Morgan fingerprint density at radius 2 is 2.33 bits per heavy atom. The number of carbonyl (C=O) groups excluding carboxylic acids is 1. The third-order valence-electron chi connectivity index (χ3n) is 5.81. The van der Waals surface area contributed by atoms with Gasteiger partial charge in [0.1, 0.15) is 6.10 Å². The molecule has 6 atom stereocenters. The second kappa shape index (κ2) is 2.04. The molecule has 3 heteroatoms. The summed E-state index contributed by atoms with van der Waals surface area (Å²) in [5.41, 5.74) is 1.02. The molecule has 1 N–H and O–H groups in total. The molecule has 6 unspecified atom stereocenters. The number of carbonyl (C=O) groups is 1. The Kier molecular flexibility index (Phi) is 1.15. The highest BCUT2D eigenvalue weighted by atomic mass is 16.6. The number of alkyl carbamates (subject to hydrolysis) is 1. The first-order valence-corrected chi connectivity index (χ1v) is 6.10. The van der Waals surface area contributed by atoms with Crippen molar-refractivity contribution in [3.63, 3.8) is 0 Å². The van der Waals surface area contributed by atoms with E-state index >= 15 is 0 Å². The van der Waals surface area contributed by atoms with Gasteiger partial charge in [0.2, 0.25) is 0 Å². The summed E-state index contributed by atoms with van der Waals surface area (Å²) in [5.74, 6) is 2.98. The zero-order valence-corrected chi connectivity index (χ0v) is 9.25. The largest absolute Gasteiger partial charge is 0.446 e. The molecule has 0 aromatic carbocycles. The van der Waals surface area contributed by atoms with Crippen molar-refractivity contribution < 1.29 is 9.53 Å². The van der Waals surface area contributed by atoms with E-state index in [9.17, 15) is 4.79 Å². The lowest BCUT2D eigenvalue weighted by atomic mass is 9.62. The molecule has 4 rings (SSSR count). The molecule has 0 aromatic rings. The van der Waals surface area contributed by atoms with Gasteiger partial charge in [0.05, 0.1) is 0 Å². The van der Waals surface area contributed by atoms with Crippen LogP contribution in [-0.2, 0) is 4.74 Å². The zero-order chi connectivity index (χ0) is 10.4. The van der Waals surface area contributed by atoms with Gasteiger partial charge in [-0.25, -0.2) is 4.79 Å². The minimum absolute atomic E-state index is 0.198. The van der Waals surface area contributed by atoms with Crippen molar-refractivity contribution in [3.05, 3.63) is 0 Å². The summed E-state index contributed by atoms with van der Waals surface area (Å²) < 4.78 is 5.55. The van der Waals surface area contributed by atoms with Gasteiger partial charge in [0.15, 0.2) is 0 Å². The number of hydrogen-bond donors (Lipinski definition) is 1. The van der Waals surface area contributed by atoms with Crippen LogP contribution in [0, 0.1) is 28.6 Å². The fourth-order valence-electron chi connectivity index (χ4n) is 5.22. The monoisotopic (exact) mass is 207 g/mol. The zero-order valence-electron chi connectivity index (χ0n) is 9.25. The van der Waals surface area contributed by atoms with Crippen LogP contribution in [0.2, 0.25) is 0 Å². The predicted octanol–water partition coefficient (Wildman–Crippen LogP) is 1.78. The van der Waals surface area contributed by atoms with E-state index in [0.717, 1.165) is 24.2 Å². The molecule has 1 amide bonds. The molecule has 0 aromatic heterocycles. The Labute approximate surface area is 89.6 Å². The highest BCUT2D eigenvalue weighted by molar-refractivity contribution is 5.67. The van der Waals surface area contributed by atoms with Crippen molar-refractivity contribution in [2.75, 3.05) is 6.54 Å². The van der Waals surface area contributed by atoms with Gasteiger partial charge in [-0.15, -0.1) is 0 Å². The van der Waals surface area contributed by atoms with E-state index in [1.165, 1.54) is 6.42 Å². The van der Waals surface area contributed by atoms with Crippen LogP contribution in [0.25, 0.3) is 0 Å². The van der Waals surface area contributed by atoms with Crippen molar-refractivity contribution in [1.29, 1.82) is 0 Å². The predicted molar refractivity (Wildman–Crippen MR) is 54.2 cm³/mol. The fourth-order valence-corrected chi connectivity index (χ4v) is 5.22. The molecule has 3 nitrogen and oxygen atoms in total. The van der Waals surface area contributed by atoms with Gasteiger partial charge in [0.25, 0.3) is 0 Å². The van der Waals surface area contributed by atoms with Crippen LogP contribution in [0.1, 0.15) is 26.7 Å². The number of nitrogens with one attached hydrogen (secondary N) is 1. The molecule has 0 heterocycles. The highest BCUT2D eigenvalue weighted by Gasteiger charge is 3.01. The van der Waals surface area contributed by atoms with E-state index in [1.807, 2.05) is 6.92 Å². The molecular weight excluding hydrogens is 190 g/mol. The minimum Gasteiger partial charge on any atom is -0.446 e. The lowest BCUT2D eigenvalue weighted by Crippen LogP contribution is -2.45. The molecule has 15 heavy (non-hydrogen) atoms. The van der Waals surface area contributed by atoms with Crippen molar-refractivity contribution in [2.45, 2.75) is 32.8 Å². The maximum Gasteiger partial charge on any atom is 0.407 e. The number of fused-ring (bicyclic) bond motifs is 2. The molecular formula is C12H17NO2. The van der Waals surface area contributed by atoms with E-state index in [2.05, 4.69) is 12.2 Å². The summed E-state index contributed by atoms with van der Waals surface area (Å²) >= 11 is 0. The summed E-state index contributed by atoms with van der Waals surface area (Å²) in [6.07, 6.45) is 2.42. The quantitative estimate of drug-likeness (QED) is 0.749. The summed E-state index contributed by atoms with van der Waals surface area (Å²) in [5, 5.41) is 2.72. The van der Waals surface area contributed by atoms with Crippen LogP contribution in [0.4, 0.5) is 4.79 Å². The van der Waals surface area contributed by atoms with E-state index < -0.39 is 0 Å². The molecule has 4 fully saturated rings. The second-order valence-electron chi connectivity index (χ2n) is 5.95. The molecule has 0 saturated heterocycles. The lowest BCUT2D eigenvalue weighted by Gasteiger charge is -2.44. The molecule has 4 saturated carbocycles. The molecule has 4 aliphatic carbocycles. The minimum atomic E-state index is -0.220. The van der Waals surface area contributed by atoms with Crippen LogP contribution in [0.5, 0.6) is 0 Å². The Balaban J connectivity index is 1.49. The molecule has 82 valence electrons. The topological polar surface area (TPSA) is 38.3 Å². The fraction of sp³-hybridized carbons (Fsp3) is 0.917. The first-order chi connectivity index (χ1) is 7.16. The summed E-state index contributed by atoms with van der Waals surface area (Å²) in [6.45, 7) is 4.91. The SMILES string of the molecule is CCNC(=O)OC1CC2C3C4CC1(C)C243. The van der Waals surface area contributed by atoms with Crippen LogP contribution >= 0.6 is 0 Å². The van der Waals surface area contributed by atoms with Crippen molar-refractivity contribution in [2.24, 2.45) is 28.6 Å². The first-order valence-electron chi connectivity index (χ1n) is 6.10. The second-order valence-corrected chi connectivity index (χ2v) is 5.95. The summed E-state index contributed by atoms with van der Waals surface area (Å²) in [6, 6.07) is 0. The Morgan fingerprint density at radius 1 is 1.53 bits per heavy atom. The van der Waals surface area contributed by atoms with Gasteiger partial charge in [-0.05, 0) is 42.9 Å². The molecule has 0 aliphatic heterocycles. The lowest BCUT2D eigenvalue weighted by molar-refractivity contribution is -0.0394. The van der Waals surface area contributed by atoms with Crippen molar-refractivity contribution in [1.82, 2.24) is 5.32 Å². The van der Waals surface area contributed by atoms with Gasteiger partial charge in [0, 0.05) is 12.0 Å². The van der Waals surface area contributed by atoms with Gasteiger partial charge >= 0.3 is 6.09 Å². The van der Waals surface area contributed by atoms with Crippen molar-refractivity contribution in [3.8, 4) is 0 Å². The van der Waals surface area contributed by atoms with Crippen molar-refractivity contribution >= 4 is 6.09 Å². The maximum absolute atomic E-state index is 11.4. The van der Waals surface area contributed by atoms with Gasteiger partial charge in [-0.1, -0.05) is 6.92 Å². The van der Waals surface area contributed by atoms with Crippen LogP contribution < -0.4 is 5.32 Å². The molecule has 1 spiro atoms. The maximum atomic E-state index is 11.4. The highest BCUT2D eigenvalue weighted by Crippen LogP contribution is 3.03. The number of amides is 1. The van der Waals surface area contributed by atoms with Crippen LogP contribution in [-0.4, -0.2) is 18.7 Å². The standard InChI is InChI=1S/C12H17NO2/c1-3-13-10(14)15-8-4-6-9-7-5-11(8,2)12(6,7)9/h6-9H,3-5H2,1-2H3,(H,13,14). The molecule has 4 aliphatic rings. The average molecular weight is 207 g/mol. The van der Waals surface area contributed by atoms with Gasteiger partial charge in [-0.2, -0.15) is 0 Å². The van der Waals surface area contributed by atoms with E-state index in [4.69, 9.17) is 4.74 Å². The smallest absolute Gasteiger partial charge is 0.407 e. The van der Waals surface area contributed by atoms with Crippen LogP contribution in [0.3, 0.4) is 0 Å². The number of hydrogen-bond acceptors (Lipinski definition) is 2. The van der Waals surface area contributed by atoms with E-state index in [1.54, 1.807) is 0 Å². The molecule has 0 radical (unpaired) electrons.